The molecule has 2 rings (SSSR count). The zero-order valence-corrected chi connectivity index (χ0v) is 12.6. The SMILES string of the molecule is CCC1(CC)C(=O)NC(=O)N(Cc2nc(C)c(C)o2)C1=O. The number of hydrogen-bond acceptors (Lipinski definition) is 5. The largest absolute Gasteiger partial charge is 0.444 e. The van der Waals surface area contributed by atoms with E-state index in [2.05, 4.69) is 10.3 Å². The van der Waals surface area contributed by atoms with Gasteiger partial charge in [-0.3, -0.25) is 19.8 Å². The molecule has 114 valence electrons. The van der Waals surface area contributed by atoms with Crippen LogP contribution in [-0.4, -0.2) is 27.7 Å². The van der Waals surface area contributed by atoms with E-state index in [1.54, 1.807) is 27.7 Å². The van der Waals surface area contributed by atoms with Gasteiger partial charge in [0.2, 0.25) is 17.7 Å². The molecule has 0 unspecified atom stereocenters. The molecule has 1 aliphatic rings. The maximum atomic E-state index is 12.6. The number of nitrogens with one attached hydrogen (secondary N) is 1. The summed E-state index contributed by atoms with van der Waals surface area (Å²) in [5.41, 5.74) is -0.479. The molecule has 1 N–H and O–H groups in total. The predicted molar refractivity (Wildman–Crippen MR) is 73.1 cm³/mol. The fourth-order valence-electron chi connectivity index (χ4n) is 2.49. The first kappa shape index (κ1) is 15.2. The van der Waals surface area contributed by atoms with E-state index in [1.807, 2.05) is 0 Å². The molecule has 4 amide bonds. The minimum atomic E-state index is -1.19. The zero-order chi connectivity index (χ0) is 15.8. The van der Waals surface area contributed by atoms with Crippen LogP contribution >= 0.6 is 0 Å². The van der Waals surface area contributed by atoms with Gasteiger partial charge in [-0.1, -0.05) is 13.8 Å². The number of rotatable bonds is 4. The summed E-state index contributed by atoms with van der Waals surface area (Å²) in [6.45, 7) is 6.99. The third kappa shape index (κ3) is 2.32. The van der Waals surface area contributed by atoms with E-state index in [-0.39, 0.29) is 12.4 Å². The molecule has 0 radical (unpaired) electrons. The van der Waals surface area contributed by atoms with Crippen molar-refractivity contribution >= 4 is 17.8 Å². The average Bonchev–Trinajstić information content (AvgIpc) is 2.75. The Morgan fingerprint density at radius 2 is 1.81 bits per heavy atom. The Kier molecular flexibility index (Phi) is 3.85. The van der Waals surface area contributed by atoms with E-state index in [1.165, 1.54) is 0 Å². The molecular formula is C14H19N3O4. The number of amides is 4. The molecule has 0 atom stereocenters. The lowest BCUT2D eigenvalue weighted by molar-refractivity contribution is -0.152. The summed E-state index contributed by atoms with van der Waals surface area (Å²) < 4.78 is 5.41. The molecular weight excluding hydrogens is 274 g/mol. The summed E-state index contributed by atoms with van der Waals surface area (Å²) in [5.74, 6) is -0.0968. The molecule has 1 fully saturated rings. The van der Waals surface area contributed by atoms with Crippen LogP contribution in [0.15, 0.2) is 4.42 Å². The van der Waals surface area contributed by atoms with Crippen LogP contribution in [-0.2, 0) is 16.1 Å². The zero-order valence-electron chi connectivity index (χ0n) is 12.6. The third-order valence-electron chi connectivity index (χ3n) is 4.13. The smallest absolute Gasteiger partial charge is 0.331 e. The van der Waals surface area contributed by atoms with E-state index in [9.17, 15) is 14.4 Å². The van der Waals surface area contributed by atoms with Crippen molar-refractivity contribution < 1.29 is 18.8 Å². The number of carbonyl (C=O) groups is 3. The van der Waals surface area contributed by atoms with Crippen molar-refractivity contribution in [3.63, 3.8) is 0 Å². The minimum absolute atomic E-state index is 0.0750. The fraction of sp³-hybridized carbons (Fsp3) is 0.571. The molecule has 0 saturated carbocycles. The molecule has 0 aliphatic carbocycles. The van der Waals surface area contributed by atoms with Crippen molar-refractivity contribution in [2.45, 2.75) is 47.1 Å². The number of hydrogen-bond donors (Lipinski definition) is 1. The third-order valence-corrected chi connectivity index (χ3v) is 4.13. The van der Waals surface area contributed by atoms with Crippen molar-refractivity contribution in [2.75, 3.05) is 0 Å². The maximum absolute atomic E-state index is 12.6. The van der Waals surface area contributed by atoms with Crippen LogP contribution in [0.3, 0.4) is 0 Å². The van der Waals surface area contributed by atoms with E-state index in [4.69, 9.17) is 4.42 Å². The number of aromatic nitrogens is 1. The van der Waals surface area contributed by atoms with Crippen molar-refractivity contribution in [2.24, 2.45) is 5.41 Å². The summed E-state index contributed by atoms with van der Waals surface area (Å²) >= 11 is 0. The quantitative estimate of drug-likeness (QED) is 0.852. The summed E-state index contributed by atoms with van der Waals surface area (Å²) in [6, 6.07) is -0.726. The van der Waals surface area contributed by atoms with Crippen LogP contribution in [0.5, 0.6) is 0 Å². The molecule has 1 aromatic heterocycles. The fourth-order valence-corrected chi connectivity index (χ4v) is 2.49. The van der Waals surface area contributed by atoms with Gasteiger partial charge in [0.15, 0.2) is 0 Å². The van der Waals surface area contributed by atoms with E-state index >= 15 is 0 Å². The summed E-state index contributed by atoms with van der Waals surface area (Å²) in [6.07, 6.45) is 0.670. The topological polar surface area (TPSA) is 92.5 Å². The van der Waals surface area contributed by atoms with Crippen LogP contribution in [0.4, 0.5) is 4.79 Å². The Hall–Kier alpha value is -2.18. The van der Waals surface area contributed by atoms with Gasteiger partial charge in [0.05, 0.1) is 5.69 Å². The van der Waals surface area contributed by atoms with Gasteiger partial charge in [-0.15, -0.1) is 0 Å². The number of oxazole rings is 1. The lowest BCUT2D eigenvalue weighted by Gasteiger charge is -2.37. The lowest BCUT2D eigenvalue weighted by atomic mass is 9.78. The Bertz CT molecular complexity index is 582. The van der Waals surface area contributed by atoms with Gasteiger partial charge in [0, 0.05) is 0 Å². The van der Waals surface area contributed by atoms with E-state index in [0.29, 0.717) is 24.3 Å². The van der Waals surface area contributed by atoms with Gasteiger partial charge in [0.25, 0.3) is 0 Å². The second-order valence-corrected chi connectivity index (χ2v) is 5.19. The predicted octanol–water partition coefficient (Wildman–Crippen LogP) is 1.68. The molecule has 1 aliphatic heterocycles. The first-order valence-corrected chi connectivity index (χ1v) is 6.96. The Labute approximate surface area is 122 Å². The second-order valence-electron chi connectivity index (χ2n) is 5.19. The number of urea groups is 1. The Morgan fingerprint density at radius 1 is 1.19 bits per heavy atom. The molecule has 7 heteroatoms. The molecule has 1 aromatic rings. The molecule has 21 heavy (non-hydrogen) atoms. The summed E-state index contributed by atoms with van der Waals surface area (Å²) in [7, 11) is 0. The molecule has 0 spiro atoms. The van der Waals surface area contributed by atoms with Gasteiger partial charge < -0.3 is 4.42 Å². The summed E-state index contributed by atoms with van der Waals surface area (Å²) in [5, 5.41) is 2.25. The number of aryl methyl sites for hydroxylation is 2. The highest BCUT2D eigenvalue weighted by atomic mass is 16.4. The van der Waals surface area contributed by atoms with Crippen LogP contribution in [0.1, 0.15) is 44.0 Å². The van der Waals surface area contributed by atoms with Crippen molar-refractivity contribution in [3.05, 3.63) is 17.3 Å². The number of barbiturate groups is 1. The minimum Gasteiger partial charge on any atom is -0.444 e. The van der Waals surface area contributed by atoms with Crippen LogP contribution in [0.25, 0.3) is 0 Å². The molecule has 2 heterocycles. The molecule has 7 nitrogen and oxygen atoms in total. The highest BCUT2D eigenvalue weighted by molar-refractivity contribution is 6.18. The highest BCUT2D eigenvalue weighted by Crippen LogP contribution is 2.33. The van der Waals surface area contributed by atoms with E-state index < -0.39 is 23.3 Å². The monoisotopic (exact) mass is 293 g/mol. The first-order chi connectivity index (χ1) is 9.85. The molecule has 1 saturated heterocycles. The maximum Gasteiger partial charge on any atom is 0.331 e. The van der Waals surface area contributed by atoms with Crippen LogP contribution in [0.2, 0.25) is 0 Å². The number of nitrogens with zero attached hydrogens (tertiary/aromatic N) is 2. The van der Waals surface area contributed by atoms with Crippen molar-refractivity contribution in [1.82, 2.24) is 15.2 Å². The first-order valence-electron chi connectivity index (χ1n) is 6.96. The number of imide groups is 2. The second kappa shape index (κ2) is 5.31. The van der Waals surface area contributed by atoms with Gasteiger partial charge in [-0.25, -0.2) is 9.78 Å². The van der Waals surface area contributed by atoms with Crippen molar-refractivity contribution in [1.29, 1.82) is 0 Å². The lowest BCUT2D eigenvalue weighted by Crippen LogP contribution is -2.63. The standard InChI is InChI=1S/C14H19N3O4/c1-5-14(6-2)11(18)16-13(20)17(12(14)19)7-10-15-8(3)9(4)21-10/h5-7H2,1-4H3,(H,16,18,20). The normalized spacial score (nSPS) is 18.1. The Balaban J connectivity index is 2.31. The molecule has 0 bridgehead atoms. The number of carbonyl (C=O) groups excluding carboxylic acids is 3. The average molecular weight is 293 g/mol. The van der Waals surface area contributed by atoms with Gasteiger partial charge in [-0.05, 0) is 26.7 Å². The van der Waals surface area contributed by atoms with Gasteiger partial charge in [0.1, 0.15) is 17.7 Å². The van der Waals surface area contributed by atoms with Crippen molar-refractivity contribution in [3.8, 4) is 0 Å². The van der Waals surface area contributed by atoms with Crippen LogP contribution in [0, 0.1) is 19.3 Å². The summed E-state index contributed by atoms with van der Waals surface area (Å²) in [4.78, 5) is 41.7. The van der Waals surface area contributed by atoms with Gasteiger partial charge >= 0.3 is 6.03 Å². The Morgan fingerprint density at radius 3 is 2.29 bits per heavy atom. The highest BCUT2D eigenvalue weighted by Gasteiger charge is 2.51. The molecule has 0 aromatic carbocycles. The van der Waals surface area contributed by atoms with Gasteiger partial charge in [-0.2, -0.15) is 0 Å². The van der Waals surface area contributed by atoms with Crippen LogP contribution < -0.4 is 5.32 Å². The van der Waals surface area contributed by atoms with E-state index in [0.717, 1.165) is 4.90 Å².